The highest BCUT2D eigenvalue weighted by atomic mass is 16.5. The maximum Gasteiger partial charge on any atom is 0.274 e. The molecule has 5 rings (SSSR count). The number of anilines is 1. The van der Waals surface area contributed by atoms with Crippen LogP contribution in [0.5, 0.6) is 5.75 Å². The van der Waals surface area contributed by atoms with E-state index < -0.39 is 0 Å². The van der Waals surface area contributed by atoms with E-state index in [-0.39, 0.29) is 35.6 Å². The van der Waals surface area contributed by atoms with Crippen LogP contribution in [0, 0.1) is 5.92 Å². The molecule has 0 saturated carbocycles. The van der Waals surface area contributed by atoms with Gasteiger partial charge in [0.05, 0.1) is 13.5 Å². The van der Waals surface area contributed by atoms with Crippen molar-refractivity contribution in [2.45, 2.75) is 25.3 Å². The highest BCUT2D eigenvalue weighted by Crippen LogP contribution is 2.36. The number of hydrogen-bond donors (Lipinski definition) is 1. The molecule has 34 heavy (non-hydrogen) atoms. The molecule has 1 saturated heterocycles. The van der Waals surface area contributed by atoms with Gasteiger partial charge in [0.1, 0.15) is 11.4 Å². The normalized spacial score (nSPS) is 18.7. The van der Waals surface area contributed by atoms with Gasteiger partial charge in [0, 0.05) is 36.8 Å². The second kappa shape index (κ2) is 9.17. The van der Waals surface area contributed by atoms with Crippen LogP contribution in [0.25, 0.3) is 0 Å². The molecule has 2 aromatic carbocycles. The molecular weight excluding hydrogens is 430 g/mol. The first-order valence-corrected chi connectivity index (χ1v) is 11.5. The van der Waals surface area contributed by atoms with Crippen LogP contribution in [0.4, 0.5) is 5.69 Å². The summed E-state index contributed by atoms with van der Waals surface area (Å²) in [4.78, 5) is 40.7. The number of aromatic nitrogens is 1. The van der Waals surface area contributed by atoms with E-state index in [1.807, 2.05) is 41.3 Å². The summed E-state index contributed by atoms with van der Waals surface area (Å²) in [6.45, 7) is 1.72. The molecule has 7 nitrogen and oxygen atoms in total. The predicted octanol–water partition coefficient (Wildman–Crippen LogP) is 3.30. The number of ether oxygens (including phenoxy) is 1. The summed E-state index contributed by atoms with van der Waals surface area (Å²) in [5.41, 5.74) is 2.58. The van der Waals surface area contributed by atoms with Crippen molar-refractivity contribution in [2.75, 3.05) is 25.5 Å². The van der Waals surface area contributed by atoms with Gasteiger partial charge in [0.25, 0.3) is 11.5 Å². The average Bonchev–Trinajstić information content (AvgIpc) is 2.86. The Balaban J connectivity index is 1.32. The lowest BCUT2D eigenvalue weighted by molar-refractivity contribution is -0.115. The zero-order chi connectivity index (χ0) is 23.7. The molecule has 1 N–H and O–H groups in total. The number of hydrogen-bond acceptors (Lipinski definition) is 4. The third-order valence-electron chi connectivity index (χ3n) is 6.71. The number of amides is 2. The van der Waals surface area contributed by atoms with Crippen LogP contribution in [0.15, 0.2) is 71.5 Å². The number of nitrogens with zero attached hydrogens (tertiary/aromatic N) is 2. The number of benzene rings is 2. The molecule has 1 aromatic heterocycles. The van der Waals surface area contributed by atoms with Crippen molar-refractivity contribution in [3.05, 3.63) is 93.9 Å². The number of rotatable bonds is 5. The molecule has 7 heteroatoms. The molecule has 0 spiro atoms. The van der Waals surface area contributed by atoms with Gasteiger partial charge in [0.2, 0.25) is 5.91 Å². The standard InChI is InChI=1S/C27H27N3O4/c1-34-22-9-7-20(8-10-22)26(32)29-15-19-13-21(17-29)24-12-11-23(27(33)30(24)16-19)28-25(31)14-18-5-3-2-4-6-18/h2-12,19,21H,13-17H2,1H3,(H,28,31)/t19-,21+/m0/s1. The van der Waals surface area contributed by atoms with Crippen LogP contribution in [0.2, 0.25) is 0 Å². The van der Waals surface area contributed by atoms with Crippen LogP contribution >= 0.6 is 0 Å². The van der Waals surface area contributed by atoms with Crippen molar-refractivity contribution in [3.63, 3.8) is 0 Å². The number of pyridine rings is 1. The van der Waals surface area contributed by atoms with Crippen LogP contribution in [0.3, 0.4) is 0 Å². The van der Waals surface area contributed by atoms with Gasteiger partial charge in [-0.1, -0.05) is 30.3 Å². The van der Waals surface area contributed by atoms with Crippen molar-refractivity contribution in [2.24, 2.45) is 5.92 Å². The first-order chi connectivity index (χ1) is 16.5. The van der Waals surface area contributed by atoms with Gasteiger partial charge in [-0.3, -0.25) is 14.4 Å². The summed E-state index contributed by atoms with van der Waals surface area (Å²) >= 11 is 0. The Morgan fingerprint density at radius 3 is 2.47 bits per heavy atom. The van der Waals surface area contributed by atoms with Crippen LogP contribution in [-0.4, -0.2) is 41.5 Å². The summed E-state index contributed by atoms with van der Waals surface area (Å²) in [5, 5.41) is 2.79. The minimum absolute atomic E-state index is 0.00190. The number of carbonyl (C=O) groups excluding carboxylic acids is 2. The second-order valence-electron chi connectivity index (χ2n) is 9.04. The van der Waals surface area contributed by atoms with Crippen LogP contribution < -0.4 is 15.6 Å². The highest BCUT2D eigenvalue weighted by Gasteiger charge is 2.37. The molecule has 3 aromatic rings. The Morgan fingerprint density at radius 1 is 0.971 bits per heavy atom. The van der Waals surface area contributed by atoms with Crippen molar-refractivity contribution in [1.29, 1.82) is 0 Å². The number of fused-ring (bicyclic) bond motifs is 4. The molecule has 2 aliphatic rings. The first-order valence-electron chi connectivity index (χ1n) is 11.5. The van der Waals surface area contributed by atoms with E-state index in [2.05, 4.69) is 5.32 Å². The monoisotopic (exact) mass is 457 g/mol. The van der Waals surface area contributed by atoms with Crippen molar-refractivity contribution in [1.82, 2.24) is 9.47 Å². The largest absolute Gasteiger partial charge is 0.497 e. The summed E-state index contributed by atoms with van der Waals surface area (Å²) < 4.78 is 6.97. The Hall–Kier alpha value is -3.87. The zero-order valence-electron chi connectivity index (χ0n) is 19.1. The van der Waals surface area contributed by atoms with Gasteiger partial charge in [-0.25, -0.2) is 0 Å². The molecule has 0 unspecified atom stereocenters. The van der Waals surface area contributed by atoms with Gasteiger partial charge in [-0.15, -0.1) is 0 Å². The summed E-state index contributed by atoms with van der Waals surface area (Å²) in [6, 6.07) is 20.2. The SMILES string of the molecule is COc1ccc(C(=O)N2C[C@@H]3C[C@H](C2)c2ccc(NC(=O)Cc4ccccc4)c(=O)n2C3)cc1. The maximum atomic E-state index is 13.2. The third-order valence-corrected chi connectivity index (χ3v) is 6.71. The third kappa shape index (κ3) is 4.33. The number of likely N-dealkylation sites (tertiary alicyclic amines) is 1. The number of nitrogens with one attached hydrogen (secondary N) is 1. The van der Waals surface area contributed by atoms with Gasteiger partial charge < -0.3 is 19.5 Å². The fourth-order valence-electron chi connectivity index (χ4n) is 5.10. The Kier molecular flexibility index (Phi) is 5.92. The number of methoxy groups -OCH3 is 1. The van der Waals surface area contributed by atoms with E-state index in [0.29, 0.717) is 36.6 Å². The topological polar surface area (TPSA) is 80.6 Å². The van der Waals surface area contributed by atoms with Crippen molar-refractivity contribution in [3.8, 4) is 5.75 Å². The molecule has 2 amide bonds. The molecule has 2 aliphatic heterocycles. The Labute approximate surface area is 198 Å². The van der Waals surface area contributed by atoms with E-state index in [0.717, 1.165) is 17.7 Å². The maximum absolute atomic E-state index is 13.2. The highest BCUT2D eigenvalue weighted by molar-refractivity contribution is 5.94. The molecule has 1 fully saturated rings. The molecule has 0 aliphatic carbocycles. The van der Waals surface area contributed by atoms with E-state index in [1.165, 1.54) is 0 Å². The Morgan fingerprint density at radius 2 is 1.74 bits per heavy atom. The van der Waals surface area contributed by atoms with E-state index >= 15 is 0 Å². The molecule has 2 bridgehead atoms. The molecule has 174 valence electrons. The van der Waals surface area contributed by atoms with Gasteiger partial charge in [0.15, 0.2) is 0 Å². The van der Waals surface area contributed by atoms with E-state index in [1.54, 1.807) is 42.0 Å². The molecular formula is C27H27N3O4. The molecule has 0 radical (unpaired) electrons. The summed E-state index contributed by atoms with van der Waals surface area (Å²) in [5.74, 6) is 0.791. The van der Waals surface area contributed by atoms with E-state index in [9.17, 15) is 14.4 Å². The number of piperidine rings is 1. The zero-order valence-corrected chi connectivity index (χ0v) is 19.1. The average molecular weight is 458 g/mol. The second-order valence-corrected chi connectivity index (χ2v) is 9.04. The lowest BCUT2D eigenvalue weighted by Crippen LogP contribution is -2.49. The smallest absolute Gasteiger partial charge is 0.274 e. The van der Waals surface area contributed by atoms with Gasteiger partial charge >= 0.3 is 0 Å². The van der Waals surface area contributed by atoms with Gasteiger partial charge in [-0.05, 0) is 54.3 Å². The summed E-state index contributed by atoms with van der Waals surface area (Å²) in [7, 11) is 1.60. The first kappa shape index (κ1) is 21.9. The van der Waals surface area contributed by atoms with Crippen molar-refractivity contribution < 1.29 is 14.3 Å². The molecule has 3 heterocycles. The fourth-order valence-corrected chi connectivity index (χ4v) is 5.10. The minimum atomic E-state index is -0.212. The fraction of sp³-hybridized carbons (Fsp3) is 0.296. The number of carbonyl (C=O) groups is 2. The van der Waals surface area contributed by atoms with Crippen molar-refractivity contribution >= 4 is 17.5 Å². The predicted molar refractivity (Wildman–Crippen MR) is 129 cm³/mol. The van der Waals surface area contributed by atoms with Crippen LogP contribution in [0.1, 0.15) is 34.0 Å². The lowest BCUT2D eigenvalue weighted by Gasteiger charge is -2.43. The molecule has 2 atom stereocenters. The summed E-state index contributed by atoms with van der Waals surface area (Å²) in [6.07, 6.45) is 1.17. The van der Waals surface area contributed by atoms with Gasteiger partial charge in [-0.2, -0.15) is 0 Å². The lowest BCUT2D eigenvalue weighted by atomic mass is 9.83. The van der Waals surface area contributed by atoms with E-state index in [4.69, 9.17) is 4.74 Å². The van der Waals surface area contributed by atoms with Crippen LogP contribution in [-0.2, 0) is 17.8 Å². The quantitative estimate of drug-likeness (QED) is 0.638. The Bertz CT molecular complexity index is 1270. The minimum Gasteiger partial charge on any atom is -0.497 e.